The van der Waals surface area contributed by atoms with Crippen molar-refractivity contribution < 1.29 is 0 Å². The maximum absolute atomic E-state index is 5.91. The number of nitrogens with zero attached hydrogens (tertiary/aromatic N) is 2. The second kappa shape index (κ2) is 3.94. The smallest absolute Gasteiger partial charge is 0.113 e. The van der Waals surface area contributed by atoms with E-state index in [1.807, 2.05) is 19.2 Å². The van der Waals surface area contributed by atoms with Crippen LogP contribution in [0.5, 0.6) is 0 Å². The second-order valence-corrected chi connectivity index (χ2v) is 4.57. The van der Waals surface area contributed by atoms with Gasteiger partial charge in [-0.2, -0.15) is 0 Å². The van der Waals surface area contributed by atoms with Crippen molar-refractivity contribution >= 4 is 21.4 Å². The minimum atomic E-state index is -0.0328. The molecule has 80 valence electrons. The number of aryl methyl sites for hydroxylation is 1. The summed E-state index contributed by atoms with van der Waals surface area (Å²) >= 11 is 3.46. The zero-order chi connectivity index (χ0) is 11.0. The Morgan fingerprint density at radius 2 is 2.33 bits per heavy atom. The van der Waals surface area contributed by atoms with Crippen molar-refractivity contribution in [1.29, 1.82) is 0 Å². The third-order valence-corrected chi connectivity index (χ3v) is 2.95. The van der Waals surface area contributed by atoms with Crippen LogP contribution in [0.3, 0.4) is 0 Å². The van der Waals surface area contributed by atoms with Gasteiger partial charge < -0.3 is 10.1 Å². The van der Waals surface area contributed by atoms with Crippen LogP contribution >= 0.6 is 15.9 Å². The number of rotatable bonds is 2. The van der Waals surface area contributed by atoms with Crippen LogP contribution in [0.4, 0.5) is 0 Å². The molecule has 4 heteroatoms. The van der Waals surface area contributed by atoms with Crippen LogP contribution < -0.4 is 5.73 Å². The fourth-order valence-corrected chi connectivity index (χ4v) is 2.07. The first-order valence-electron chi connectivity index (χ1n) is 5.05. The Bertz CT molecular complexity index is 488. The number of hydrogen-bond donors (Lipinski definition) is 1. The molecule has 0 fully saturated rings. The molecule has 3 nitrogen and oxygen atoms in total. The summed E-state index contributed by atoms with van der Waals surface area (Å²) in [7, 11) is 0. The summed E-state index contributed by atoms with van der Waals surface area (Å²) in [6.07, 6.45) is 2.94. The minimum absolute atomic E-state index is 0.0328. The van der Waals surface area contributed by atoms with Gasteiger partial charge in [0, 0.05) is 23.1 Å². The summed E-state index contributed by atoms with van der Waals surface area (Å²) in [5.74, 6) is 1.06. The van der Waals surface area contributed by atoms with Crippen molar-refractivity contribution in [1.82, 2.24) is 9.38 Å². The molecule has 1 unspecified atom stereocenters. The molecule has 2 rings (SSSR count). The summed E-state index contributed by atoms with van der Waals surface area (Å²) < 4.78 is 3.16. The molecule has 2 aromatic rings. The average molecular weight is 268 g/mol. The third-order valence-electron chi connectivity index (χ3n) is 2.45. The van der Waals surface area contributed by atoms with Crippen molar-refractivity contribution in [2.45, 2.75) is 26.3 Å². The molecule has 0 bridgehead atoms. The Kier molecular flexibility index (Phi) is 2.80. The molecule has 0 amide bonds. The van der Waals surface area contributed by atoms with Gasteiger partial charge in [-0.3, -0.25) is 0 Å². The van der Waals surface area contributed by atoms with Crippen LogP contribution in [-0.4, -0.2) is 9.38 Å². The van der Waals surface area contributed by atoms with E-state index >= 15 is 0 Å². The first-order chi connectivity index (χ1) is 7.13. The van der Waals surface area contributed by atoms with E-state index in [1.54, 1.807) is 0 Å². The normalized spacial score (nSPS) is 13.3. The number of imidazole rings is 1. The number of pyridine rings is 1. The predicted molar refractivity (Wildman–Crippen MR) is 64.9 cm³/mol. The lowest BCUT2D eigenvalue weighted by Crippen LogP contribution is -2.05. The van der Waals surface area contributed by atoms with Crippen LogP contribution in [0.25, 0.3) is 5.52 Å². The Labute approximate surface area is 97.4 Å². The molecule has 0 aliphatic carbocycles. The van der Waals surface area contributed by atoms with Crippen molar-refractivity contribution in [2.75, 3.05) is 0 Å². The standard InChI is InChI=1S/C11H14BrN3/c1-3-10-14-11(7(2)13)9-6-8(12)4-5-15(9)10/h4-7H,3,13H2,1-2H3. The van der Waals surface area contributed by atoms with Crippen molar-refractivity contribution in [2.24, 2.45) is 5.73 Å². The molecule has 2 N–H and O–H groups in total. The summed E-state index contributed by atoms with van der Waals surface area (Å²) in [5.41, 5.74) is 7.97. The first kappa shape index (κ1) is 10.6. The van der Waals surface area contributed by atoms with E-state index in [4.69, 9.17) is 5.73 Å². The van der Waals surface area contributed by atoms with Crippen molar-refractivity contribution in [3.05, 3.63) is 34.3 Å². The van der Waals surface area contributed by atoms with Gasteiger partial charge in [0.15, 0.2) is 0 Å². The molecule has 0 radical (unpaired) electrons. The largest absolute Gasteiger partial charge is 0.323 e. The zero-order valence-electron chi connectivity index (χ0n) is 8.87. The molecule has 0 saturated carbocycles. The summed E-state index contributed by atoms with van der Waals surface area (Å²) in [6, 6.07) is 4.04. The molecule has 2 heterocycles. The van der Waals surface area contributed by atoms with E-state index in [9.17, 15) is 0 Å². The van der Waals surface area contributed by atoms with E-state index < -0.39 is 0 Å². The van der Waals surface area contributed by atoms with Crippen LogP contribution in [0.1, 0.15) is 31.4 Å². The topological polar surface area (TPSA) is 43.3 Å². The number of aromatic nitrogens is 2. The molecule has 1 atom stereocenters. The summed E-state index contributed by atoms with van der Waals surface area (Å²) in [5, 5.41) is 0. The fourth-order valence-electron chi connectivity index (χ4n) is 1.73. The quantitative estimate of drug-likeness (QED) is 0.909. The molecular weight excluding hydrogens is 254 g/mol. The molecule has 0 aliphatic rings. The Morgan fingerprint density at radius 3 is 2.93 bits per heavy atom. The van der Waals surface area contributed by atoms with Gasteiger partial charge in [0.1, 0.15) is 5.82 Å². The van der Waals surface area contributed by atoms with E-state index in [2.05, 4.69) is 38.3 Å². The number of hydrogen-bond acceptors (Lipinski definition) is 2. The van der Waals surface area contributed by atoms with Crippen molar-refractivity contribution in [3.63, 3.8) is 0 Å². The van der Waals surface area contributed by atoms with Gasteiger partial charge in [0.05, 0.1) is 11.2 Å². The molecular formula is C11H14BrN3. The highest BCUT2D eigenvalue weighted by atomic mass is 79.9. The van der Waals surface area contributed by atoms with Gasteiger partial charge in [-0.1, -0.05) is 22.9 Å². The highest BCUT2D eigenvalue weighted by Crippen LogP contribution is 2.22. The molecule has 0 aromatic carbocycles. The SMILES string of the molecule is CCc1nc(C(C)N)c2cc(Br)ccn12. The van der Waals surface area contributed by atoms with Crippen LogP contribution in [0.15, 0.2) is 22.8 Å². The lowest BCUT2D eigenvalue weighted by Gasteiger charge is -2.02. The summed E-state index contributed by atoms with van der Waals surface area (Å²) in [6.45, 7) is 4.06. The molecule has 0 aliphatic heterocycles. The first-order valence-corrected chi connectivity index (χ1v) is 5.84. The minimum Gasteiger partial charge on any atom is -0.323 e. The fraction of sp³-hybridized carbons (Fsp3) is 0.364. The monoisotopic (exact) mass is 267 g/mol. The van der Waals surface area contributed by atoms with E-state index in [0.29, 0.717) is 0 Å². The Balaban J connectivity index is 2.76. The third kappa shape index (κ3) is 1.79. The lowest BCUT2D eigenvalue weighted by atomic mass is 10.2. The molecule has 15 heavy (non-hydrogen) atoms. The van der Waals surface area contributed by atoms with Gasteiger partial charge in [0.25, 0.3) is 0 Å². The maximum atomic E-state index is 5.91. The van der Waals surface area contributed by atoms with Crippen LogP contribution in [-0.2, 0) is 6.42 Å². The van der Waals surface area contributed by atoms with Gasteiger partial charge in [0.2, 0.25) is 0 Å². The second-order valence-electron chi connectivity index (χ2n) is 3.66. The van der Waals surface area contributed by atoms with E-state index in [0.717, 1.165) is 27.9 Å². The highest BCUT2D eigenvalue weighted by molar-refractivity contribution is 9.10. The highest BCUT2D eigenvalue weighted by Gasteiger charge is 2.12. The van der Waals surface area contributed by atoms with Gasteiger partial charge in [-0.05, 0) is 19.1 Å². The maximum Gasteiger partial charge on any atom is 0.113 e. The molecule has 0 saturated heterocycles. The van der Waals surface area contributed by atoms with Crippen LogP contribution in [0, 0.1) is 0 Å². The van der Waals surface area contributed by atoms with Gasteiger partial charge in [-0.25, -0.2) is 4.98 Å². The van der Waals surface area contributed by atoms with Gasteiger partial charge >= 0.3 is 0 Å². The van der Waals surface area contributed by atoms with Crippen molar-refractivity contribution in [3.8, 4) is 0 Å². The Morgan fingerprint density at radius 1 is 1.60 bits per heavy atom. The average Bonchev–Trinajstić information content (AvgIpc) is 2.55. The van der Waals surface area contributed by atoms with E-state index in [-0.39, 0.29) is 6.04 Å². The number of fused-ring (bicyclic) bond motifs is 1. The van der Waals surface area contributed by atoms with Gasteiger partial charge in [-0.15, -0.1) is 0 Å². The Hall–Kier alpha value is -0.870. The van der Waals surface area contributed by atoms with Crippen LogP contribution in [0.2, 0.25) is 0 Å². The zero-order valence-corrected chi connectivity index (χ0v) is 10.5. The number of halogens is 1. The molecule has 0 spiro atoms. The van der Waals surface area contributed by atoms with E-state index in [1.165, 1.54) is 0 Å². The molecule has 2 aromatic heterocycles. The lowest BCUT2D eigenvalue weighted by molar-refractivity contribution is 0.788. The number of nitrogens with two attached hydrogens (primary N) is 1. The predicted octanol–water partition coefficient (Wildman–Crippen LogP) is 2.68. The summed E-state index contributed by atoms with van der Waals surface area (Å²) in [4.78, 5) is 4.57.